The van der Waals surface area contributed by atoms with Crippen molar-refractivity contribution in [2.24, 2.45) is 0 Å². The van der Waals surface area contributed by atoms with Gasteiger partial charge in [-0.3, -0.25) is 0 Å². The number of rotatable bonds is 5. The maximum Gasteiger partial charge on any atom is 0.0454 e. The van der Waals surface area contributed by atoms with Crippen LogP contribution in [0.15, 0.2) is 54.6 Å². The molecule has 3 aromatic carbocycles. The Kier molecular flexibility index (Phi) is 5.64. The number of hydrogen-bond donors (Lipinski definition) is 0. The highest BCUT2D eigenvalue weighted by Gasteiger charge is 2.13. The van der Waals surface area contributed by atoms with E-state index in [1.54, 1.807) is 0 Å². The van der Waals surface area contributed by atoms with E-state index in [1.165, 1.54) is 33.6 Å². The highest BCUT2D eigenvalue weighted by atomic mass is 15.1. The average Bonchev–Trinajstić information content (AvgIpc) is 2.68. The van der Waals surface area contributed by atoms with E-state index in [-0.39, 0.29) is 0 Å². The predicted octanol–water partition coefficient (Wildman–Crippen LogP) is 5.33. The van der Waals surface area contributed by atoms with Crippen molar-refractivity contribution in [1.29, 1.82) is 0 Å². The molecule has 0 unspecified atom stereocenters. The van der Waals surface area contributed by atoms with Gasteiger partial charge in [0.25, 0.3) is 0 Å². The van der Waals surface area contributed by atoms with Crippen molar-refractivity contribution in [3.63, 3.8) is 0 Å². The molecule has 3 rings (SSSR count). The summed E-state index contributed by atoms with van der Waals surface area (Å²) in [4.78, 5) is 6.36. The van der Waals surface area contributed by atoms with Gasteiger partial charge in [-0.1, -0.05) is 24.3 Å². The fourth-order valence-corrected chi connectivity index (χ4v) is 3.33. The summed E-state index contributed by atoms with van der Waals surface area (Å²) in [5.74, 6) is 0. The zero-order chi connectivity index (χ0) is 20.4. The van der Waals surface area contributed by atoms with Gasteiger partial charge in [0.15, 0.2) is 0 Å². The smallest absolute Gasteiger partial charge is 0.0454 e. The van der Waals surface area contributed by atoms with Crippen molar-refractivity contribution >= 4 is 17.1 Å². The summed E-state index contributed by atoms with van der Waals surface area (Å²) in [6.45, 7) is 2.19. The Balaban J connectivity index is 2.13. The molecule has 0 aliphatic carbocycles. The monoisotopic (exact) mass is 372 g/mol. The molecule has 0 atom stereocenters. The Morgan fingerprint density at radius 2 is 1.07 bits per heavy atom. The van der Waals surface area contributed by atoms with Gasteiger partial charge in [0.05, 0.1) is 0 Å². The summed E-state index contributed by atoms with van der Waals surface area (Å²) in [6, 6.07) is 23.3. The van der Waals surface area contributed by atoms with Crippen molar-refractivity contribution in [2.45, 2.75) is 6.92 Å². The molecule has 3 nitrogen and oxygen atoms in total. The lowest BCUT2D eigenvalue weighted by Crippen LogP contribution is -2.10. The van der Waals surface area contributed by atoms with Crippen LogP contribution in [-0.4, -0.2) is 42.3 Å². The summed E-state index contributed by atoms with van der Waals surface area (Å²) in [5.41, 5.74) is 9.57. The summed E-state index contributed by atoms with van der Waals surface area (Å²) in [7, 11) is 12.4. The Morgan fingerprint density at radius 1 is 0.607 bits per heavy atom. The van der Waals surface area contributed by atoms with Crippen LogP contribution in [0.4, 0.5) is 17.1 Å². The van der Waals surface area contributed by atoms with Gasteiger partial charge in [-0.25, -0.2) is 0 Å². The average molecular weight is 373 g/mol. The van der Waals surface area contributed by atoms with Crippen LogP contribution < -0.4 is 14.7 Å². The molecule has 3 aromatic rings. The Morgan fingerprint density at radius 3 is 1.50 bits per heavy atom. The molecular formula is C25H30N3. The van der Waals surface area contributed by atoms with Gasteiger partial charge >= 0.3 is 0 Å². The molecule has 28 heavy (non-hydrogen) atoms. The van der Waals surface area contributed by atoms with Gasteiger partial charge in [-0.2, -0.15) is 0 Å². The topological polar surface area (TPSA) is 9.72 Å². The minimum absolute atomic E-state index is 1.09. The Hall–Kier alpha value is -2.94. The van der Waals surface area contributed by atoms with E-state index < -0.39 is 0 Å². The third-order valence-corrected chi connectivity index (χ3v) is 5.16. The molecule has 0 amide bonds. The maximum atomic E-state index is 3.62. The molecule has 3 heteroatoms. The summed E-state index contributed by atoms with van der Waals surface area (Å²) in [5, 5.41) is 0. The first kappa shape index (κ1) is 19.8. The van der Waals surface area contributed by atoms with Crippen molar-refractivity contribution in [1.82, 2.24) is 0 Å². The fourth-order valence-electron chi connectivity index (χ4n) is 3.33. The molecule has 0 saturated carbocycles. The van der Waals surface area contributed by atoms with E-state index in [0.717, 1.165) is 11.3 Å². The SMILES string of the molecule is Cc1c(-c2ccc(N(C)C)cc2)[c]c(N(C)C)cc1-c1ccc(N(C)C)cc1. The molecule has 0 bridgehead atoms. The molecule has 0 spiro atoms. The lowest BCUT2D eigenvalue weighted by atomic mass is 9.91. The molecular weight excluding hydrogens is 342 g/mol. The fraction of sp³-hybridized carbons (Fsp3) is 0.280. The summed E-state index contributed by atoms with van der Waals surface area (Å²) >= 11 is 0. The molecule has 0 fully saturated rings. The molecule has 0 heterocycles. The lowest BCUT2D eigenvalue weighted by Gasteiger charge is -2.20. The van der Waals surface area contributed by atoms with Crippen molar-refractivity contribution in [2.75, 3.05) is 57.0 Å². The first-order valence-corrected chi connectivity index (χ1v) is 9.57. The van der Waals surface area contributed by atoms with Gasteiger partial charge in [0.2, 0.25) is 0 Å². The molecule has 0 aliphatic rings. The number of nitrogens with zero attached hydrogens (tertiary/aromatic N) is 3. The number of benzene rings is 3. The van der Waals surface area contributed by atoms with Crippen LogP contribution in [0.25, 0.3) is 22.3 Å². The maximum absolute atomic E-state index is 3.62. The van der Waals surface area contributed by atoms with Gasteiger partial charge in [-0.15, -0.1) is 0 Å². The molecule has 0 N–H and O–H groups in total. The molecule has 0 saturated heterocycles. The normalized spacial score (nSPS) is 10.7. The van der Waals surface area contributed by atoms with E-state index >= 15 is 0 Å². The minimum Gasteiger partial charge on any atom is -0.378 e. The molecule has 0 aromatic heterocycles. The van der Waals surface area contributed by atoms with Crippen LogP contribution in [0.3, 0.4) is 0 Å². The van der Waals surface area contributed by atoms with Crippen LogP contribution in [0.5, 0.6) is 0 Å². The number of anilines is 3. The quantitative estimate of drug-likeness (QED) is 0.599. The van der Waals surface area contributed by atoms with Crippen LogP contribution in [-0.2, 0) is 0 Å². The van der Waals surface area contributed by atoms with Crippen molar-refractivity contribution < 1.29 is 0 Å². The van der Waals surface area contributed by atoms with Crippen LogP contribution in [0.1, 0.15) is 5.56 Å². The first-order valence-electron chi connectivity index (χ1n) is 9.57. The third kappa shape index (κ3) is 3.99. The lowest BCUT2D eigenvalue weighted by molar-refractivity contribution is 1.13. The second-order valence-electron chi connectivity index (χ2n) is 7.85. The van der Waals surface area contributed by atoms with Crippen molar-refractivity contribution in [3.05, 3.63) is 66.2 Å². The summed E-state index contributed by atoms with van der Waals surface area (Å²) in [6.07, 6.45) is 0. The van der Waals surface area contributed by atoms with E-state index in [9.17, 15) is 0 Å². The Labute approximate surface area is 169 Å². The first-order chi connectivity index (χ1) is 13.3. The Bertz CT molecular complexity index is 864. The van der Waals surface area contributed by atoms with Crippen LogP contribution in [0.2, 0.25) is 0 Å². The zero-order valence-electron chi connectivity index (χ0n) is 18.0. The highest BCUT2D eigenvalue weighted by Crippen LogP contribution is 2.36. The highest BCUT2D eigenvalue weighted by molar-refractivity contribution is 5.83. The molecule has 1 radical (unpaired) electrons. The minimum atomic E-state index is 1.09. The largest absolute Gasteiger partial charge is 0.378 e. The third-order valence-electron chi connectivity index (χ3n) is 5.16. The molecule has 0 aliphatic heterocycles. The second-order valence-corrected chi connectivity index (χ2v) is 7.85. The van der Waals surface area contributed by atoms with E-state index in [1.807, 2.05) is 0 Å². The molecule has 145 valence electrons. The van der Waals surface area contributed by atoms with Gasteiger partial charge in [-0.05, 0) is 65.1 Å². The van der Waals surface area contributed by atoms with Gasteiger partial charge in [0, 0.05) is 65.4 Å². The van der Waals surface area contributed by atoms with Crippen molar-refractivity contribution in [3.8, 4) is 22.3 Å². The van der Waals surface area contributed by atoms with Crippen LogP contribution >= 0.6 is 0 Å². The van der Waals surface area contributed by atoms with E-state index in [0.29, 0.717) is 0 Å². The standard InChI is InChI=1S/C25H30N3/c1-18-24(19-8-12-21(13-9-19)26(2)3)16-23(28(6)7)17-25(18)20-10-14-22(15-11-20)27(4)5/h8-16H,1-7H3. The second kappa shape index (κ2) is 7.97. The van der Waals surface area contributed by atoms with E-state index in [2.05, 4.69) is 125 Å². The van der Waals surface area contributed by atoms with Gasteiger partial charge in [0.1, 0.15) is 0 Å². The number of hydrogen-bond acceptors (Lipinski definition) is 3. The predicted molar refractivity (Wildman–Crippen MR) is 124 cm³/mol. The zero-order valence-corrected chi connectivity index (χ0v) is 18.0. The van der Waals surface area contributed by atoms with Crippen LogP contribution in [0, 0.1) is 13.0 Å². The summed E-state index contributed by atoms with van der Waals surface area (Å²) < 4.78 is 0. The van der Waals surface area contributed by atoms with E-state index in [4.69, 9.17) is 0 Å². The van der Waals surface area contributed by atoms with Gasteiger partial charge < -0.3 is 14.7 Å².